The van der Waals surface area contributed by atoms with Gasteiger partial charge in [0.2, 0.25) is 0 Å². The average molecular weight is 487 g/mol. The van der Waals surface area contributed by atoms with Gasteiger partial charge in [0.15, 0.2) is 11.6 Å². The molecule has 2 aliphatic carbocycles. The molecule has 0 unspecified atom stereocenters. The summed E-state index contributed by atoms with van der Waals surface area (Å²) in [5.74, 6) is 0.479. The van der Waals surface area contributed by atoms with Crippen molar-refractivity contribution < 1.29 is 14.6 Å². The van der Waals surface area contributed by atoms with Crippen LogP contribution in [-0.4, -0.2) is 47.2 Å². The Morgan fingerprint density at radius 3 is 2.69 bits per heavy atom. The molecule has 0 amide bonds. The van der Waals surface area contributed by atoms with Crippen LogP contribution in [0, 0.1) is 18.2 Å². The number of fused-ring (bicyclic) bond motifs is 5. The predicted molar refractivity (Wildman–Crippen MR) is 130 cm³/mol. The number of aromatic nitrogens is 6. The third-order valence-electron chi connectivity index (χ3n) is 8.27. The maximum absolute atomic E-state index is 14.7. The van der Waals surface area contributed by atoms with Crippen molar-refractivity contribution in [2.24, 2.45) is 5.41 Å². The van der Waals surface area contributed by atoms with Gasteiger partial charge in [-0.05, 0) is 66.5 Å². The lowest BCUT2D eigenvalue weighted by molar-refractivity contribution is 0.0889. The molecule has 9 heteroatoms. The largest absolute Gasteiger partial charge is 0.393 e. The maximum atomic E-state index is 14.7. The maximum Gasteiger partial charge on any atom is 0.199 e. The molecule has 1 saturated carbocycles. The minimum absolute atomic E-state index is 0.185. The van der Waals surface area contributed by atoms with E-state index in [0.29, 0.717) is 22.8 Å². The zero-order chi connectivity index (χ0) is 25.2. The summed E-state index contributed by atoms with van der Waals surface area (Å²) in [6.07, 6.45) is 0.719. The second-order valence-corrected chi connectivity index (χ2v) is 10.3. The van der Waals surface area contributed by atoms with Gasteiger partial charge in [-0.2, -0.15) is 15.3 Å². The highest BCUT2D eigenvalue weighted by Crippen LogP contribution is 2.69. The Bertz CT molecular complexity index is 1460. The van der Waals surface area contributed by atoms with Gasteiger partial charge in [-0.1, -0.05) is 32.0 Å². The van der Waals surface area contributed by atoms with Crippen molar-refractivity contribution in [3.63, 3.8) is 0 Å². The van der Waals surface area contributed by atoms with Crippen LogP contribution in [0.3, 0.4) is 0 Å². The molecule has 0 aliphatic heterocycles. The SMILES string of the molecule is Cc1cccc(F)c1-c1cc2c(nn1)[C@@]1(c3cccc(-c4n[nH]c([C@@H](O)CO)n4)n3)CC[C@@H]2C1(C)C. The van der Waals surface area contributed by atoms with Crippen LogP contribution in [0.2, 0.25) is 0 Å². The minimum Gasteiger partial charge on any atom is -0.393 e. The van der Waals surface area contributed by atoms with Crippen molar-refractivity contribution in [1.29, 1.82) is 0 Å². The first kappa shape index (κ1) is 22.9. The first-order valence-electron chi connectivity index (χ1n) is 12.1. The third kappa shape index (κ3) is 3.02. The number of nitrogens with one attached hydrogen (secondary N) is 1. The highest BCUT2D eigenvalue weighted by molar-refractivity contribution is 5.66. The summed E-state index contributed by atoms with van der Waals surface area (Å²) in [5, 5.41) is 35.2. The molecular weight excluding hydrogens is 459 g/mol. The van der Waals surface area contributed by atoms with E-state index in [1.807, 2.05) is 37.3 Å². The minimum atomic E-state index is -1.13. The number of benzene rings is 1. The van der Waals surface area contributed by atoms with Crippen LogP contribution in [-0.2, 0) is 5.41 Å². The van der Waals surface area contributed by atoms with Crippen molar-refractivity contribution in [1.82, 2.24) is 30.4 Å². The average Bonchev–Trinajstić information content (AvgIpc) is 3.52. The molecule has 2 bridgehead atoms. The molecule has 0 spiro atoms. The Kier molecular flexibility index (Phi) is 5.07. The summed E-state index contributed by atoms with van der Waals surface area (Å²) in [5.41, 5.74) is 4.67. The first-order chi connectivity index (χ1) is 17.3. The van der Waals surface area contributed by atoms with Gasteiger partial charge in [-0.3, -0.25) is 5.10 Å². The second-order valence-electron chi connectivity index (χ2n) is 10.3. The summed E-state index contributed by atoms with van der Waals surface area (Å²) in [7, 11) is 0. The number of H-pyrrole nitrogens is 1. The number of rotatable bonds is 5. The van der Waals surface area contributed by atoms with Crippen molar-refractivity contribution in [2.45, 2.75) is 51.0 Å². The zero-order valence-electron chi connectivity index (χ0n) is 20.3. The van der Waals surface area contributed by atoms with E-state index >= 15 is 0 Å². The number of aryl methyl sites for hydroxylation is 1. The van der Waals surface area contributed by atoms with Gasteiger partial charge in [-0.25, -0.2) is 14.4 Å². The Balaban J connectivity index is 1.47. The van der Waals surface area contributed by atoms with E-state index in [4.69, 9.17) is 10.1 Å². The number of hydrogen-bond donors (Lipinski definition) is 3. The third-order valence-corrected chi connectivity index (χ3v) is 8.27. The van der Waals surface area contributed by atoms with Crippen LogP contribution in [0.4, 0.5) is 4.39 Å². The van der Waals surface area contributed by atoms with E-state index in [1.54, 1.807) is 6.07 Å². The molecule has 1 fully saturated rings. The normalized spacial score (nSPS) is 22.6. The number of aliphatic hydroxyl groups excluding tert-OH is 2. The zero-order valence-corrected chi connectivity index (χ0v) is 20.3. The smallest absolute Gasteiger partial charge is 0.199 e. The quantitative estimate of drug-likeness (QED) is 0.390. The van der Waals surface area contributed by atoms with E-state index < -0.39 is 18.1 Å². The lowest BCUT2D eigenvalue weighted by Crippen LogP contribution is -2.37. The topological polar surface area (TPSA) is 121 Å². The number of nitrogens with zero attached hydrogens (tertiary/aromatic N) is 5. The molecule has 3 atom stereocenters. The number of aliphatic hydroxyl groups is 2. The molecule has 0 radical (unpaired) electrons. The molecule has 184 valence electrons. The fourth-order valence-corrected chi connectivity index (χ4v) is 6.39. The summed E-state index contributed by atoms with van der Waals surface area (Å²) < 4.78 is 14.7. The standard InChI is InChI=1S/C27H27FN6O2/c1-14-6-4-7-17(28)22(14)19-12-15-16-10-11-27(26(16,2)3,23(15)32-31-19)21-9-5-8-18(29-21)24-30-25(34-33-24)20(36)13-35/h4-9,12,16,20,35-36H,10-11,13H2,1-3H3,(H,30,33,34)/t16-,20-,27-/m0/s1. The molecule has 3 heterocycles. The molecule has 3 aromatic heterocycles. The Hall–Kier alpha value is -3.56. The van der Waals surface area contributed by atoms with E-state index in [1.165, 1.54) is 6.07 Å². The molecule has 3 N–H and O–H groups in total. The Labute approximate surface area is 207 Å². The van der Waals surface area contributed by atoms with Crippen LogP contribution in [0.25, 0.3) is 22.8 Å². The summed E-state index contributed by atoms with van der Waals surface area (Å²) in [6.45, 7) is 5.92. The van der Waals surface area contributed by atoms with Crippen LogP contribution in [0.5, 0.6) is 0 Å². The molecule has 1 aromatic carbocycles. The Morgan fingerprint density at radius 2 is 1.92 bits per heavy atom. The molecule has 2 aliphatic rings. The lowest BCUT2D eigenvalue weighted by Gasteiger charge is -2.37. The molecule has 6 rings (SSSR count). The fraction of sp³-hybridized carbons (Fsp3) is 0.370. The van der Waals surface area contributed by atoms with Crippen molar-refractivity contribution in [3.8, 4) is 22.8 Å². The van der Waals surface area contributed by atoms with Crippen LogP contribution < -0.4 is 0 Å². The molecule has 36 heavy (non-hydrogen) atoms. The summed E-state index contributed by atoms with van der Waals surface area (Å²) in [6, 6.07) is 12.8. The van der Waals surface area contributed by atoms with Crippen molar-refractivity contribution in [3.05, 3.63) is 76.6 Å². The predicted octanol–water partition coefficient (Wildman–Crippen LogP) is 4.00. The van der Waals surface area contributed by atoms with Gasteiger partial charge in [0.1, 0.15) is 17.6 Å². The molecule has 0 saturated heterocycles. The number of pyridine rings is 1. The van der Waals surface area contributed by atoms with Gasteiger partial charge >= 0.3 is 0 Å². The Morgan fingerprint density at radius 1 is 1.11 bits per heavy atom. The molecule has 8 nitrogen and oxygen atoms in total. The fourth-order valence-electron chi connectivity index (χ4n) is 6.39. The summed E-state index contributed by atoms with van der Waals surface area (Å²) in [4.78, 5) is 9.30. The first-order valence-corrected chi connectivity index (χ1v) is 12.1. The van der Waals surface area contributed by atoms with Crippen molar-refractivity contribution in [2.75, 3.05) is 6.61 Å². The van der Waals surface area contributed by atoms with Gasteiger partial charge in [-0.15, -0.1) is 0 Å². The molecule has 4 aromatic rings. The van der Waals surface area contributed by atoms with E-state index in [0.717, 1.165) is 35.4 Å². The van der Waals surface area contributed by atoms with Crippen LogP contribution >= 0.6 is 0 Å². The number of aromatic amines is 1. The second kappa shape index (κ2) is 7.97. The van der Waals surface area contributed by atoms with Gasteiger partial charge in [0.05, 0.1) is 29.1 Å². The highest BCUT2D eigenvalue weighted by Gasteiger charge is 2.65. The van der Waals surface area contributed by atoms with E-state index in [-0.39, 0.29) is 23.0 Å². The summed E-state index contributed by atoms with van der Waals surface area (Å²) >= 11 is 0. The van der Waals surface area contributed by atoms with Gasteiger partial charge < -0.3 is 10.2 Å². The highest BCUT2D eigenvalue weighted by atomic mass is 19.1. The molecular formula is C27H27FN6O2. The van der Waals surface area contributed by atoms with Gasteiger partial charge in [0, 0.05) is 5.56 Å². The lowest BCUT2D eigenvalue weighted by atomic mass is 9.66. The number of halogens is 1. The van der Waals surface area contributed by atoms with E-state index in [2.05, 4.69) is 34.1 Å². The van der Waals surface area contributed by atoms with Crippen LogP contribution in [0.1, 0.15) is 67.1 Å². The van der Waals surface area contributed by atoms with Crippen molar-refractivity contribution >= 4 is 0 Å². The van der Waals surface area contributed by atoms with Gasteiger partial charge in [0.25, 0.3) is 0 Å². The monoisotopic (exact) mass is 486 g/mol. The van der Waals surface area contributed by atoms with Crippen LogP contribution in [0.15, 0.2) is 42.5 Å². The number of hydrogen-bond acceptors (Lipinski definition) is 7. The van der Waals surface area contributed by atoms with E-state index in [9.17, 15) is 14.6 Å².